The Bertz CT molecular complexity index is 418. The third kappa shape index (κ3) is 4.12. The number of esters is 2. The van der Waals surface area contributed by atoms with Gasteiger partial charge >= 0.3 is 11.9 Å². The van der Waals surface area contributed by atoms with E-state index in [4.69, 9.17) is 13.9 Å². The fraction of sp³-hybridized carbons (Fsp3) is 0.571. The van der Waals surface area contributed by atoms with Crippen molar-refractivity contribution in [2.75, 3.05) is 13.2 Å². The van der Waals surface area contributed by atoms with Crippen molar-refractivity contribution in [1.29, 1.82) is 0 Å². The standard InChI is InChI=1S/C14H20O5/c1-5-17-13(15)7-11-9(3)19-10(4)12(11)8-14(16)18-6-2/h5-8H2,1-4H3. The molecule has 0 aliphatic heterocycles. The Labute approximate surface area is 112 Å². The van der Waals surface area contributed by atoms with Gasteiger partial charge in [-0.15, -0.1) is 0 Å². The van der Waals surface area contributed by atoms with E-state index in [0.29, 0.717) is 24.7 Å². The highest BCUT2D eigenvalue weighted by molar-refractivity contribution is 5.77. The van der Waals surface area contributed by atoms with Crippen LogP contribution in [-0.4, -0.2) is 25.2 Å². The Morgan fingerprint density at radius 3 is 1.58 bits per heavy atom. The van der Waals surface area contributed by atoms with Gasteiger partial charge in [-0.25, -0.2) is 0 Å². The summed E-state index contributed by atoms with van der Waals surface area (Å²) in [5.74, 6) is 0.641. The van der Waals surface area contributed by atoms with Crippen molar-refractivity contribution in [3.63, 3.8) is 0 Å². The highest BCUT2D eigenvalue weighted by atomic mass is 16.5. The zero-order valence-corrected chi connectivity index (χ0v) is 11.9. The first-order valence-electron chi connectivity index (χ1n) is 6.38. The summed E-state index contributed by atoms with van der Waals surface area (Å²) in [6.07, 6.45) is 0.234. The first-order chi connectivity index (χ1) is 8.99. The molecule has 0 bridgehead atoms. The zero-order chi connectivity index (χ0) is 14.4. The lowest BCUT2D eigenvalue weighted by Crippen LogP contribution is -2.13. The summed E-state index contributed by atoms with van der Waals surface area (Å²) in [5.41, 5.74) is 1.45. The monoisotopic (exact) mass is 268 g/mol. The summed E-state index contributed by atoms with van der Waals surface area (Å²) in [6, 6.07) is 0. The molecule has 0 fully saturated rings. The van der Waals surface area contributed by atoms with Crippen LogP contribution in [0.1, 0.15) is 36.5 Å². The lowest BCUT2D eigenvalue weighted by Gasteiger charge is -2.05. The number of carbonyl (C=O) groups excluding carboxylic acids is 2. The normalized spacial score (nSPS) is 10.3. The van der Waals surface area contributed by atoms with E-state index in [9.17, 15) is 9.59 Å². The highest BCUT2D eigenvalue weighted by Gasteiger charge is 2.20. The molecule has 106 valence electrons. The number of ether oxygens (including phenoxy) is 2. The van der Waals surface area contributed by atoms with Crippen molar-refractivity contribution in [2.45, 2.75) is 40.5 Å². The van der Waals surface area contributed by atoms with Gasteiger partial charge in [-0.3, -0.25) is 9.59 Å². The van der Waals surface area contributed by atoms with E-state index in [0.717, 1.165) is 11.1 Å². The molecule has 0 radical (unpaired) electrons. The van der Waals surface area contributed by atoms with E-state index in [-0.39, 0.29) is 24.8 Å². The minimum atomic E-state index is -0.323. The maximum absolute atomic E-state index is 11.6. The van der Waals surface area contributed by atoms with Crippen LogP contribution in [0, 0.1) is 13.8 Å². The Morgan fingerprint density at radius 1 is 0.895 bits per heavy atom. The molecular weight excluding hydrogens is 248 g/mol. The number of rotatable bonds is 6. The summed E-state index contributed by atoms with van der Waals surface area (Å²) >= 11 is 0. The summed E-state index contributed by atoms with van der Waals surface area (Å²) in [4.78, 5) is 23.1. The Kier molecular flexibility index (Phi) is 5.60. The molecule has 0 atom stereocenters. The van der Waals surface area contributed by atoms with Crippen molar-refractivity contribution >= 4 is 11.9 Å². The van der Waals surface area contributed by atoms with Crippen LogP contribution in [0.4, 0.5) is 0 Å². The van der Waals surface area contributed by atoms with Crippen molar-refractivity contribution in [1.82, 2.24) is 0 Å². The quantitative estimate of drug-likeness (QED) is 0.739. The molecule has 5 nitrogen and oxygen atoms in total. The first-order valence-corrected chi connectivity index (χ1v) is 6.38. The van der Waals surface area contributed by atoms with Gasteiger partial charge in [0.2, 0.25) is 0 Å². The average Bonchev–Trinajstić information content (AvgIpc) is 2.57. The Morgan fingerprint density at radius 2 is 1.26 bits per heavy atom. The molecule has 0 unspecified atom stereocenters. The molecule has 0 saturated heterocycles. The van der Waals surface area contributed by atoms with Gasteiger partial charge in [0.25, 0.3) is 0 Å². The SMILES string of the molecule is CCOC(=O)Cc1c(C)oc(C)c1CC(=O)OCC. The average molecular weight is 268 g/mol. The van der Waals surface area contributed by atoms with Crippen molar-refractivity contribution in [2.24, 2.45) is 0 Å². The number of hydrogen-bond donors (Lipinski definition) is 0. The van der Waals surface area contributed by atoms with Crippen molar-refractivity contribution in [3.8, 4) is 0 Å². The molecule has 0 aromatic carbocycles. The lowest BCUT2D eigenvalue weighted by molar-refractivity contribution is -0.143. The third-order valence-electron chi connectivity index (χ3n) is 2.77. The highest BCUT2D eigenvalue weighted by Crippen LogP contribution is 2.23. The summed E-state index contributed by atoms with van der Waals surface area (Å²) in [6.45, 7) is 7.73. The van der Waals surface area contributed by atoms with Crippen LogP contribution in [-0.2, 0) is 31.9 Å². The summed E-state index contributed by atoms with van der Waals surface area (Å²) < 4.78 is 15.3. The molecule has 0 aliphatic carbocycles. The van der Waals surface area contributed by atoms with Crippen LogP contribution in [0.15, 0.2) is 4.42 Å². The largest absolute Gasteiger partial charge is 0.466 e. The van der Waals surface area contributed by atoms with Gasteiger partial charge in [-0.1, -0.05) is 0 Å². The van der Waals surface area contributed by atoms with E-state index in [1.807, 2.05) is 0 Å². The van der Waals surface area contributed by atoms with Crippen LogP contribution in [0.3, 0.4) is 0 Å². The number of aryl methyl sites for hydroxylation is 2. The van der Waals surface area contributed by atoms with Gasteiger partial charge in [0.1, 0.15) is 11.5 Å². The van der Waals surface area contributed by atoms with Crippen molar-refractivity contribution < 1.29 is 23.5 Å². The number of carbonyl (C=O) groups is 2. The first kappa shape index (κ1) is 15.3. The fourth-order valence-corrected chi connectivity index (χ4v) is 1.95. The van der Waals surface area contributed by atoms with Gasteiger partial charge in [-0.05, 0) is 27.7 Å². The van der Waals surface area contributed by atoms with Gasteiger partial charge < -0.3 is 13.9 Å². The van der Waals surface area contributed by atoms with Crippen molar-refractivity contribution in [3.05, 3.63) is 22.6 Å². The Balaban J connectivity index is 2.90. The third-order valence-corrected chi connectivity index (χ3v) is 2.77. The minimum Gasteiger partial charge on any atom is -0.466 e. The molecule has 19 heavy (non-hydrogen) atoms. The predicted octanol–water partition coefficient (Wildman–Crippen LogP) is 2.11. The molecule has 1 aromatic heterocycles. The topological polar surface area (TPSA) is 65.7 Å². The second-order valence-electron chi connectivity index (χ2n) is 4.14. The van der Waals surface area contributed by atoms with Gasteiger partial charge in [0.05, 0.1) is 26.1 Å². The molecule has 0 saturated carbocycles. The number of furan rings is 1. The second kappa shape index (κ2) is 6.97. The van der Waals surface area contributed by atoms with Crippen LogP contribution in [0.5, 0.6) is 0 Å². The molecule has 0 N–H and O–H groups in total. The maximum atomic E-state index is 11.6. The van der Waals surface area contributed by atoms with E-state index in [1.165, 1.54) is 0 Å². The molecule has 0 amide bonds. The zero-order valence-electron chi connectivity index (χ0n) is 11.9. The smallest absolute Gasteiger partial charge is 0.310 e. The van der Waals surface area contributed by atoms with Crippen LogP contribution >= 0.6 is 0 Å². The van der Waals surface area contributed by atoms with E-state index < -0.39 is 0 Å². The molecule has 0 spiro atoms. The summed E-state index contributed by atoms with van der Waals surface area (Å²) in [5, 5.41) is 0. The Hall–Kier alpha value is -1.78. The van der Waals surface area contributed by atoms with Gasteiger partial charge in [0, 0.05) is 11.1 Å². The van der Waals surface area contributed by atoms with E-state index in [2.05, 4.69) is 0 Å². The maximum Gasteiger partial charge on any atom is 0.310 e. The van der Waals surface area contributed by atoms with Crippen LogP contribution in [0.2, 0.25) is 0 Å². The van der Waals surface area contributed by atoms with Gasteiger partial charge in [-0.2, -0.15) is 0 Å². The second-order valence-corrected chi connectivity index (χ2v) is 4.14. The van der Waals surface area contributed by atoms with Gasteiger partial charge in [0.15, 0.2) is 0 Å². The number of hydrogen-bond acceptors (Lipinski definition) is 5. The fourth-order valence-electron chi connectivity index (χ4n) is 1.95. The summed E-state index contributed by atoms with van der Waals surface area (Å²) in [7, 11) is 0. The molecular formula is C14H20O5. The van der Waals surface area contributed by atoms with E-state index >= 15 is 0 Å². The predicted molar refractivity (Wildman–Crippen MR) is 68.9 cm³/mol. The molecule has 0 aliphatic rings. The van der Waals surface area contributed by atoms with Crippen LogP contribution in [0.25, 0.3) is 0 Å². The molecule has 1 aromatic rings. The van der Waals surface area contributed by atoms with Crippen LogP contribution < -0.4 is 0 Å². The molecule has 1 heterocycles. The van der Waals surface area contributed by atoms with E-state index in [1.54, 1.807) is 27.7 Å². The minimum absolute atomic E-state index is 0.117. The molecule has 5 heteroatoms. The molecule has 1 rings (SSSR count). The lowest BCUT2D eigenvalue weighted by atomic mass is 10.0.